The number of benzene rings is 1. The molecule has 0 amide bonds. The molecule has 5 heteroatoms. The molecule has 2 aliphatic rings. The number of carbonyl (C=O) groups excluding carboxylic acids is 1. The monoisotopic (exact) mass is 250 g/mol. The van der Waals surface area contributed by atoms with Crippen molar-refractivity contribution in [3.63, 3.8) is 0 Å². The van der Waals surface area contributed by atoms with E-state index < -0.39 is 30.5 Å². The van der Waals surface area contributed by atoms with Crippen LogP contribution >= 0.6 is 0 Å². The van der Waals surface area contributed by atoms with E-state index in [4.69, 9.17) is 9.47 Å². The second-order valence-corrected chi connectivity index (χ2v) is 4.64. The van der Waals surface area contributed by atoms with Crippen molar-refractivity contribution in [1.82, 2.24) is 0 Å². The summed E-state index contributed by atoms with van der Waals surface area (Å²) in [5.41, 5.74) is 0.674. The van der Waals surface area contributed by atoms with Crippen molar-refractivity contribution in [2.45, 2.75) is 36.9 Å². The molecule has 2 fully saturated rings. The first-order valence-corrected chi connectivity index (χ1v) is 5.93. The van der Waals surface area contributed by atoms with Gasteiger partial charge in [-0.25, -0.2) is 0 Å². The molecule has 0 radical (unpaired) electrons. The lowest BCUT2D eigenvalue weighted by Gasteiger charge is -2.22. The van der Waals surface area contributed by atoms with Gasteiger partial charge >= 0.3 is 5.97 Å². The number of rotatable bonds is 2. The van der Waals surface area contributed by atoms with Gasteiger partial charge < -0.3 is 19.7 Å². The topological polar surface area (TPSA) is 76.0 Å². The molecule has 0 spiro atoms. The van der Waals surface area contributed by atoms with Crippen LogP contribution in [0.5, 0.6) is 0 Å². The molecule has 0 saturated carbocycles. The number of aliphatic hydroxyl groups excluding tert-OH is 2. The Balaban J connectivity index is 1.77. The normalized spacial score (nSPS) is 36.2. The first kappa shape index (κ1) is 11.6. The molecule has 0 aliphatic carbocycles. The third-order valence-electron chi connectivity index (χ3n) is 3.46. The van der Waals surface area contributed by atoms with Gasteiger partial charge in [0.1, 0.15) is 24.4 Å². The molecule has 96 valence electrons. The Kier molecular flexibility index (Phi) is 2.81. The molecular formula is C13H14O5. The lowest BCUT2D eigenvalue weighted by Crippen LogP contribution is -2.35. The molecule has 3 rings (SSSR count). The summed E-state index contributed by atoms with van der Waals surface area (Å²) in [5, 5.41) is 20.2. The maximum Gasteiger partial charge on any atom is 0.309 e. The van der Waals surface area contributed by atoms with Crippen LogP contribution < -0.4 is 0 Å². The van der Waals surface area contributed by atoms with Crippen LogP contribution in [0, 0.1) is 0 Å². The zero-order chi connectivity index (χ0) is 12.7. The Morgan fingerprint density at radius 2 is 2.00 bits per heavy atom. The summed E-state index contributed by atoms with van der Waals surface area (Å²) in [7, 11) is 0. The number of fused-ring (bicyclic) bond motifs is 1. The van der Waals surface area contributed by atoms with E-state index in [9.17, 15) is 15.0 Å². The van der Waals surface area contributed by atoms with Crippen LogP contribution in [0.3, 0.4) is 0 Å². The zero-order valence-corrected chi connectivity index (χ0v) is 9.60. The van der Waals surface area contributed by atoms with E-state index in [2.05, 4.69) is 0 Å². The minimum atomic E-state index is -0.989. The fourth-order valence-electron chi connectivity index (χ4n) is 2.54. The van der Waals surface area contributed by atoms with Gasteiger partial charge in [-0.05, 0) is 5.56 Å². The van der Waals surface area contributed by atoms with E-state index in [0.717, 1.165) is 0 Å². The fraction of sp³-hybridized carbons (Fsp3) is 0.462. The van der Waals surface area contributed by atoms with Gasteiger partial charge in [0.15, 0.2) is 6.10 Å². The highest BCUT2D eigenvalue weighted by Gasteiger charge is 2.53. The maximum absolute atomic E-state index is 11.1. The van der Waals surface area contributed by atoms with Gasteiger partial charge in [0, 0.05) is 0 Å². The SMILES string of the molecule is O=C1C[C@H]2O[C@H]([C@H](O)c3ccccc3)[C@H](O)[C@H]2O1. The minimum absolute atomic E-state index is 0.139. The van der Waals surface area contributed by atoms with Gasteiger partial charge in [-0.1, -0.05) is 30.3 Å². The number of aliphatic hydroxyl groups is 2. The highest BCUT2D eigenvalue weighted by atomic mass is 16.6. The summed E-state index contributed by atoms with van der Waals surface area (Å²) in [6, 6.07) is 8.99. The molecule has 0 bridgehead atoms. The van der Waals surface area contributed by atoms with E-state index in [0.29, 0.717) is 5.56 Å². The van der Waals surface area contributed by atoms with E-state index in [1.807, 2.05) is 6.07 Å². The maximum atomic E-state index is 11.1. The fourth-order valence-corrected chi connectivity index (χ4v) is 2.54. The van der Waals surface area contributed by atoms with Crippen LogP contribution in [-0.2, 0) is 14.3 Å². The molecule has 2 saturated heterocycles. The molecular weight excluding hydrogens is 236 g/mol. The third-order valence-corrected chi connectivity index (χ3v) is 3.46. The molecule has 5 atom stereocenters. The van der Waals surface area contributed by atoms with Crippen molar-refractivity contribution in [3.05, 3.63) is 35.9 Å². The average molecular weight is 250 g/mol. The predicted molar refractivity (Wildman–Crippen MR) is 60.6 cm³/mol. The number of carbonyl (C=O) groups is 1. The number of esters is 1. The summed E-state index contributed by atoms with van der Waals surface area (Å²) in [5.74, 6) is -0.364. The predicted octanol–water partition coefficient (Wildman–Crippen LogP) is 0.164. The van der Waals surface area contributed by atoms with Crippen molar-refractivity contribution >= 4 is 5.97 Å². The van der Waals surface area contributed by atoms with Crippen molar-refractivity contribution in [2.75, 3.05) is 0 Å². The van der Waals surface area contributed by atoms with Crippen LogP contribution in [0.4, 0.5) is 0 Å². The van der Waals surface area contributed by atoms with E-state index >= 15 is 0 Å². The first-order valence-electron chi connectivity index (χ1n) is 5.93. The van der Waals surface area contributed by atoms with Crippen molar-refractivity contribution in [3.8, 4) is 0 Å². The van der Waals surface area contributed by atoms with Crippen molar-refractivity contribution < 1.29 is 24.5 Å². The van der Waals surface area contributed by atoms with Crippen molar-refractivity contribution in [2.24, 2.45) is 0 Å². The van der Waals surface area contributed by atoms with Crippen LogP contribution in [-0.4, -0.2) is 40.6 Å². The molecule has 5 nitrogen and oxygen atoms in total. The molecule has 1 aromatic rings. The Labute approximate surface area is 104 Å². The number of ether oxygens (including phenoxy) is 2. The standard InChI is InChI=1S/C13H14O5/c14-9-6-8-12(18-9)11(16)13(17-8)10(15)7-4-2-1-3-5-7/h1-5,8,10-13,15-16H,6H2/t8-,10-,11-,12+,13-/m1/s1. The van der Waals surface area contributed by atoms with E-state index in [1.165, 1.54) is 0 Å². The van der Waals surface area contributed by atoms with Crippen LogP contribution in [0.25, 0.3) is 0 Å². The Hall–Kier alpha value is -1.43. The summed E-state index contributed by atoms with van der Waals surface area (Å²) in [4.78, 5) is 11.1. The van der Waals surface area contributed by atoms with Gasteiger partial charge in [0.05, 0.1) is 6.42 Å². The summed E-state index contributed by atoms with van der Waals surface area (Å²) in [6.45, 7) is 0. The zero-order valence-electron chi connectivity index (χ0n) is 9.60. The van der Waals surface area contributed by atoms with Gasteiger partial charge in [0.2, 0.25) is 0 Å². The molecule has 2 N–H and O–H groups in total. The second-order valence-electron chi connectivity index (χ2n) is 4.64. The van der Waals surface area contributed by atoms with Crippen LogP contribution in [0.15, 0.2) is 30.3 Å². The highest BCUT2D eigenvalue weighted by Crippen LogP contribution is 2.36. The van der Waals surface area contributed by atoms with Gasteiger partial charge in [-0.3, -0.25) is 4.79 Å². The number of hydrogen-bond donors (Lipinski definition) is 2. The van der Waals surface area contributed by atoms with Gasteiger partial charge in [-0.15, -0.1) is 0 Å². The first-order chi connectivity index (χ1) is 8.66. The highest BCUT2D eigenvalue weighted by molar-refractivity contribution is 5.73. The largest absolute Gasteiger partial charge is 0.457 e. The Morgan fingerprint density at radius 1 is 1.28 bits per heavy atom. The Morgan fingerprint density at radius 3 is 2.67 bits per heavy atom. The quantitative estimate of drug-likeness (QED) is 0.731. The second kappa shape index (κ2) is 4.35. The minimum Gasteiger partial charge on any atom is -0.457 e. The lowest BCUT2D eigenvalue weighted by molar-refractivity contribution is -0.147. The smallest absolute Gasteiger partial charge is 0.309 e. The van der Waals surface area contributed by atoms with Gasteiger partial charge in [0.25, 0.3) is 0 Å². The van der Waals surface area contributed by atoms with Crippen molar-refractivity contribution in [1.29, 1.82) is 0 Å². The van der Waals surface area contributed by atoms with Crippen LogP contribution in [0.2, 0.25) is 0 Å². The number of hydrogen-bond acceptors (Lipinski definition) is 5. The Bertz CT molecular complexity index is 446. The third kappa shape index (κ3) is 1.80. The molecule has 2 heterocycles. The lowest BCUT2D eigenvalue weighted by atomic mass is 9.99. The summed E-state index contributed by atoms with van der Waals surface area (Å²) in [6.07, 6.45) is -3.63. The average Bonchev–Trinajstić information content (AvgIpc) is 2.88. The molecule has 0 unspecified atom stereocenters. The summed E-state index contributed by atoms with van der Waals surface area (Å²) < 4.78 is 10.5. The molecule has 0 aromatic heterocycles. The van der Waals surface area contributed by atoms with Gasteiger partial charge in [-0.2, -0.15) is 0 Å². The van der Waals surface area contributed by atoms with E-state index in [-0.39, 0.29) is 12.4 Å². The van der Waals surface area contributed by atoms with Crippen LogP contribution in [0.1, 0.15) is 18.1 Å². The molecule has 2 aliphatic heterocycles. The molecule has 1 aromatic carbocycles. The summed E-state index contributed by atoms with van der Waals surface area (Å²) >= 11 is 0. The molecule has 18 heavy (non-hydrogen) atoms. The van der Waals surface area contributed by atoms with E-state index in [1.54, 1.807) is 24.3 Å².